The minimum absolute atomic E-state index is 0.433. The first kappa shape index (κ1) is 20.2. The van der Waals surface area contributed by atoms with Crippen LogP contribution >= 0.6 is 0 Å². The molecule has 0 aliphatic carbocycles. The van der Waals surface area contributed by atoms with Gasteiger partial charge in [-0.1, -0.05) is 24.3 Å². The minimum atomic E-state index is -0.433. The van der Waals surface area contributed by atoms with Gasteiger partial charge in [0.2, 0.25) is 0 Å². The Morgan fingerprint density at radius 2 is 1.48 bits per heavy atom. The number of benzene rings is 2. The Bertz CT molecular complexity index is 750. The summed E-state index contributed by atoms with van der Waals surface area (Å²) in [7, 11) is 0. The predicted molar refractivity (Wildman–Crippen MR) is 115 cm³/mol. The molecule has 0 spiro atoms. The van der Waals surface area contributed by atoms with Gasteiger partial charge in [-0.3, -0.25) is 4.90 Å². The minimum Gasteiger partial charge on any atom is -0.392 e. The molecule has 2 aromatic rings. The van der Waals surface area contributed by atoms with Gasteiger partial charge in [-0.15, -0.1) is 0 Å². The van der Waals surface area contributed by atoms with Crippen molar-refractivity contribution in [2.45, 2.75) is 31.7 Å². The van der Waals surface area contributed by atoms with Gasteiger partial charge in [0.1, 0.15) is 0 Å². The van der Waals surface area contributed by atoms with E-state index in [1.807, 2.05) is 0 Å². The third-order valence-electron chi connectivity index (χ3n) is 5.65. The van der Waals surface area contributed by atoms with Gasteiger partial charge >= 0.3 is 0 Å². The van der Waals surface area contributed by atoms with E-state index in [9.17, 15) is 10.2 Å². The van der Waals surface area contributed by atoms with Crippen molar-refractivity contribution in [2.75, 3.05) is 49.6 Å². The second kappa shape index (κ2) is 9.59. The quantitative estimate of drug-likeness (QED) is 0.693. The van der Waals surface area contributed by atoms with Gasteiger partial charge < -0.3 is 25.2 Å². The SMILES string of the molecule is OC1CC(O)CN(Cc2ccc(CNc3ccc(N4CCOCC4)cc3)cc2)C1. The number of morpholine rings is 1. The molecule has 2 aliphatic rings. The molecule has 0 saturated carbocycles. The maximum absolute atomic E-state index is 9.82. The fourth-order valence-electron chi connectivity index (χ4n) is 4.10. The van der Waals surface area contributed by atoms with Crippen molar-refractivity contribution in [1.82, 2.24) is 4.90 Å². The summed E-state index contributed by atoms with van der Waals surface area (Å²) in [5, 5.41) is 23.1. The first-order valence-corrected chi connectivity index (χ1v) is 10.5. The van der Waals surface area contributed by atoms with E-state index in [2.05, 4.69) is 63.6 Å². The van der Waals surface area contributed by atoms with Crippen LogP contribution in [0, 0.1) is 0 Å². The maximum Gasteiger partial charge on any atom is 0.0692 e. The van der Waals surface area contributed by atoms with Crippen molar-refractivity contribution < 1.29 is 14.9 Å². The Balaban J connectivity index is 1.26. The summed E-state index contributed by atoms with van der Waals surface area (Å²) < 4.78 is 5.41. The Hall–Kier alpha value is -2.12. The zero-order valence-corrected chi connectivity index (χ0v) is 16.8. The second-order valence-electron chi connectivity index (χ2n) is 8.05. The van der Waals surface area contributed by atoms with Crippen LogP contribution in [0.15, 0.2) is 48.5 Å². The van der Waals surface area contributed by atoms with Gasteiger partial charge in [0, 0.05) is 57.1 Å². The van der Waals surface area contributed by atoms with Gasteiger partial charge in [0.15, 0.2) is 0 Å². The summed E-state index contributed by atoms with van der Waals surface area (Å²) in [6.07, 6.45) is -0.386. The smallest absolute Gasteiger partial charge is 0.0692 e. The van der Waals surface area contributed by atoms with Crippen LogP contribution in [-0.4, -0.2) is 66.7 Å². The largest absolute Gasteiger partial charge is 0.392 e. The zero-order chi connectivity index (χ0) is 20.1. The molecule has 2 saturated heterocycles. The molecule has 29 heavy (non-hydrogen) atoms. The summed E-state index contributed by atoms with van der Waals surface area (Å²) in [5.41, 5.74) is 4.79. The average Bonchev–Trinajstić information content (AvgIpc) is 2.74. The molecule has 2 unspecified atom stereocenters. The molecule has 2 atom stereocenters. The van der Waals surface area contributed by atoms with Crippen molar-refractivity contribution in [1.29, 1.82) is 0 Å². The van der Waals surface area contributed by atoms with Crippen LogP contribution in [0.25, 0.3) is 0 Å². The summed E-state index contributed by atoms with van der Waals surface area (Å²) in [4.78, 5) is 4.47. The average molecular weight is 398 g/mol. The van der Waals surface area contributed by atoms with Gasteiger partial charge in [-0.2, -0.15) is 0 Å². The third kappa shape index (κ3) is 5.70. The number of aliphatic hydroxyl groups excluding tert-OH is 2. The Morgan fingerprint density at radius 1 is 0.862 bits per heavy atom. The zero-order valence-electron chi connectivity index (χ0n) is 16.8. The molecule has 2 aromatic carbocycles. The number of anilines is 2. The van der Waals surface area contributed by atoms with Crippen molar-refractivity contribution in [3.8, 4) is 0 Å². The number of likely N-dealkylation sites (tertiary alicyclic amines) is 1. The Kier molecular flexibility index (Phi) is 6.67. The lowest BCUT2D eigenvalue weighted by molar-refractivity contribution is -0.0110. The molecule has 0 aromatic heterocycles. The molecule has 2 aliphatic heterocycles. The molecule has 4 rings (SSSR count). The Morgan fingerprint density at radius 3 is 2.14 bits per heavy atom. The van der Waals surface area contributed by atoms with Crippen molar-refractivity contribution in [3.63, 3.8) is 0 Å². The molecule has 0 amide bonds. The fraction of sp³-hybridized carbons (Fsp3) is 0.478. The fourth-order valence-corrected chi connectivity index (χ4v) is 4.10. The van der Waals surface area contributed by atoms with Crippen LogP contribution in [0.4, 0.5) is 11.4 Å². The summed E-state index contributed by atoms with van der Waals surface area (Å²) in [6, 6.07) is 17.1. The van der Waals surface area contributed by atoms with E-state index in [0.29, 0.717) is 19.5 Å². The van der Waals surface area contributed by atoms with Gasteiger partial charge in [-0.05, 0) is 35.4 Å². The number of nitrogens with zero attached hydrogens (tertiary/aromatic N) is 2. The molecule has 2 fully saturated rings. The van der Waals surface area contributed by atoms with Crippen LogP contribution in [0.5, 0.6) is 0 Å². The summed E-state index contributed by atoms with van der Waals surface area (Å²) in [6.45, 7) is 6.29. The molecule has 2 heterocycles. The maximum atomic E-state index is 9.82. The first-order chi connectivity index (χ1) is 14.2. The molecular weight excluding hydrogens is 366 g/mol. The van der Waals surface area contributed by atoms with Crippen LogP contribution in [0.1, 0.15) is 17.5 Å². The van der Waals surface area contributed by atoms with Crippen LogP contribution in [0.2, 0.25) is 0 Å². The van der Waals surface area contributed by atoms with Gasteiger partial charge in [0.05, 0.1) is 25.4 Å². The molecular formula is C23H31N3O3. The number of β-amino-alcohol motifs (C(OH)–C–C–N with tert-alkyl or cyclic N) is 2. The van der Waals surface area contributed by atoms with E-state index in [-0.39, 0.29) is 0 Å². The topological polar surface area (TPSA) is 68.2 Å². The lowest BCUT2D eigenvalue weighted by Crippen LogP contribution is -2.45. The lowest BCUT2D eigenvalue weighted by Gasteiger charge is -2.33. The van der Waals surface area contributed by atoms with Crippen LogP contribution in [0.3, 0.4) is 0 Å². The van der Waals surface area contributed by atoms with E-state index in [1.54, 1.807) is 0 Å². The normalized spacial score (nSPS) is 23.2. The summed E-state index contributed by atoms with van der Waals surface area (Å²) >= 11 is 0. The molecule has 0 bridgehead atoms. The van der Waals surface area contributed by atoms with E-state index < -0.39 is 12.2 Å². The number of rotatable bonds is 6. The van der Waals surface area contributed by atoms with Crippen molar-refractivity contribution in [2.24, 2.45) is 0 Å². The van der Waals surface area contributed by atoms with E-state index in [0.717, 1.165) is 45.1 Å². The standard InChI is InChI=1S/C23H31N3O3/c27-22-13-23(28)17-25(16-22)15-19-3-1-18(2-4-19)14-24-20-5-7-21(8-6-20)26-9-11-29-12-10-26/h1-8,22-24,27-28H,9-17H2. The molecule has 6 nitrogen and oxygen atoms in total. The molecule has 156 valence electrons. The van der Waals surface area contributed by atoms with Crippen molar-refractivity contribution >= 4 is 11.4 Å². The van der Waals surface area contributed by atoms with Gasteiger partial charge in [0.25, 0.3) is 0 Å². The number of nitrogens with one attached hydrogen (secondary N) is 1. The molecule has 3 N–H and O–H groups in total. The number of piperidine rings is 1. The number of aliphatic hydroxyl groups is 2. The van der Waals surface area contributed by atoms with Crippen LogP contribution in [-0.2, 0) is 17.8 Å². The lowest BCUT2D eigenvalue weighted by atomic mass is 10.0. The second-order valence-corrected chi connectivity index (χ2v) is 8.05. The van der Waals surface area contributed by atoms with Gasteiger partial charge in [-0.25, -0.2) is 0 Å². The monoisotopic (exact) mass is 397 g/mol. The van der Waals surface area contributed by atoms with E-state index in [1.165, 1.54) is 16.8 Å². The van der Waals surface area contributed by atoms with E-state index >= 15 is 0 Å². The Labute approximate surface area is 172 Å². The third-order valence-corrected chi connectivity index (χ3v) is 5.65. The van der Waals surface area contributed by atoms with Crippen LogP contribution < -0.4 is 10.2 Å². The number of hydrogen-bond acceptors (Lipinski definition) is 6. The summed E-state index contributed by atoms with van der Waals surface area (Å²) in [5.74, 6) is 0. The first-order valence-electron chi connectivity index (χ1n) is 10.5. The molecule has 0 radical (unpaired) electrons. The highest BCUT2D eigenvalue weighted by molar-refractivity contribution is 5.55. The highest BCUT2D eigenvalue weighted by Gasteiger charge is 2.24. The number of hydrogen-bond donors (Lipinski definition) is 3. The molecule has 6 heteroatoms. The predicted octanol–water partition coefficient (Wildman–Crippen LogP) is 2.06. The van der Waals surface area contributed by atoms with Crippen molar-refractivity contribution in [3.05, 3.63) is 59.7 Å². The van der Waals surface area contributed by atoms with E-state index in [4.69, 9.17) is 4.74 Å². The highest BCUT2D eigenvalue weighted by Crippen LogP contribution is 2.20. The highest BCUT2D eigenvalue weighted by atomic mass is 16.5. The number of ether oxygens (including phenoxy) is 1.